The average Bonchev–Trinajstić information content (AvgIpc) is 3.03. The Bertz CT molecular complexity index is 838. The van der Waals surface area contributed by atoms with Crippen LogP contribution in [0, 0.1) is 0 Å². The number of ether oxygens (including phenoxy) is 1. The van der Waals surface area contributed by atoms with Gasteiger partial charge in [-0.2, -0.15) is 0 Å². The largest absolute Gasteiger partial charge is 0.492 e. The zero-order valence-corrected chi connectivity index (χ0v) is 15.2. The number of hydrogen-bond acceptors (Lipinski definition) is 5. The predicted molar refractivity (Wildman–Crippen MR) is 98.0 cm³/mol. The summed E-state index contributed by atoms with van der Waals surface area (Å²) < 4.78 is 11.4. The number of halogens is 2. The third-order valence-electron chi connectivity index (χ3n) is 3.51. The molecule has 0 N–H and O–H groups in total. The van der Waals surface area contributed by atoms with Crippen molar-refractivity contribution < 1.29 is 9.15 Å². The Kier molecular flexibility index (Phi) is 5.91. The van der Waals surface area contributed by atoms with Crippen molar-refractivity contribution in [3.05, 3.63) is 64.5 Å². The maximum absolute atomic E-state index is 6.15. The van der Waals surface area contributed by atoms with Gasteiger partial charge in [-0.3, -0.25) is 4.90 Å². The van der Waals surface area contributed by atoms with Gasteiger partial charge < -0.3 is 9.15 Å². The van der Waals surface area contributed by atoms with E-state index in [1.807, 2.05) is 48.3 Å². The zero-order valence-electron chi connectivity index (χ0n) is 13.7. The first-order chi connectivity index (χ1) is 12.1. The molecule has 0 unspecified atom stereocenters. The van der Waals surface area contributed by atoms with E-state index in [1.165, 1.54) is 0 Å². The normalized spacial score (nSPS) is 11.0. The summed E-state index contributed by atoms with van der Waals surface area (Å²) in [6.45, 7) is 1.76. The smallest absolute Gasteiger partial charge is 0.249 e. The quantitative estimate of drug-likeness (QED) is 0.604. The van der Waals surface area contributed by atoms with Crippen LogP contribution in [0.5, 0.6) is 5.75 Å². The first-order valence-corrected chi connectivity index (χ1v) is 8.51. The van der Waals surface area contributed by atoms with Gasteiger partial charge >= 0.3 is 0 Å². The van der Waals surface area contributed by atoms with E-state index >= 15 is 0 Å². The highest BCUT2D eigenvalue weighted by Gasteiger charge is 2.12. The van der Waals surface area contributed by atoms with Crippen LogP contribution < -0.4 is 4.74 Å². The molecule has 7 heteroatoms. The molecule has 0 aliphatic carbocycles. The van der Waals surface area contributed by atoms with E-state index in [0.717, 1.165) is 11.3 Å². The lowest BCUT2D eigenvalue weighted by Crippen LogP contribution is -2.24. The van der Waals surface area contributed by atoms with Gasteiger partial charge in [0.05, 0.1) is 17.1 Å². The molecule has 0 aliphatic heterocycles. The van der Waals surface area contributed by atoms with Crippen LogP contribution in [-0.4, -0.2) is 35.3 Å². The highest BCUT2D eigenvalue weighted by molar-refractivity contribution is 6.33. The van der Waals surface area contributed by atoms with Crippen molar-refractivity contribution in [3.63, 3.8) is 0 Å². The summed E-state index contributed by atoms with van der Waals surface area (Å²) in [6.07, 6.45) is 0. The number of rotatable bonds is 7. The Balaban J connectivity index is 1.52. The lowest BCUT2D eigenvalue weighted by molar-refractivity contribution is 0.220. The fourth-order valence-electron chi connectivity index (χ4n) is 2.25. The van der Waals surface area contributed by atoms with Crippen molar-refractivity contribution in [1.29, 1.82) is 0 Å². The van der Waals surface area contributed by atoms with Gasteiger partial charge in [-0.1, -0.05) is 41.4 Å². The third kappa shape index (κ3) is 4.95. The van der Waals surface area contributed by atoms with Crippen molar-refractivity contribution >= 4 is 23.2 Å². The summed E-state index contributed by atoms with van der Waals surface area (Å²) in [6, 6.07) is 14.7. The number of benzene rings is 2. The SMILES string of the molecule is CN(CCOc1cccc(Cl)c1)Cc1nnc(-c2ccccc2Cl)o1. The average molecular weight is 378 g/mol. The highest BCUT2D eigenvalue weighted by Crippen LogP contribution is 2.26. The van der Waals surface area contributed by atoms with Gasteiger partial charge in [0.1, 0.15) is 12.4 Å². The molecule has 0 aliphatic rings. The summed E-state index contributed by atoms with van der Waals surface area (Å²) in [4.78, 5) is 2.04. The second kappa shape index (κ2) is 8.34. The minimum Gasteiger partial charge on any atom is -0.492 e. The predicted octanol–water partition coefficient (Wildman–Crippen LogP) is 4.55. The van der Waals surface area contributed by atoms with Gasteiger partial charge in [0, 0.05) is 11.6 Å². The van der Waals surface area contributed by atoms with E-state index in [1.54, 1.807) is 12.1 Å². The van der Waals surface area contributed by atoms with Crippen molar-refractivity contribution in [3.8, 4) is 17.2 Å². The van der Waals surface area contributed by atoms with E-state index in [0.29, 0.717) is 41.5 Å². The van der Waals surface area contributed by atoms with E-state index in [9.17, 15) is 0 Å². The van der Waals surface area contributed by atoms with Gasteiger partial charge in [-0.15, -0.1) is 10.2 Å². The van der Waals surface area contributed by atoms with Crippen LogP contribution in [-0.2, 0) is 6.54 Å². The molecule has 3 rings (SSSR count). The Hall–Kier alpha value is -2.08. The molecule has 0 atom stereocenters. The second-order valence-electron chi connectivity index (χ2n) is 5.52. The monoisotopic (exact) mass is 377 g/mol. The van der Waals surface area contributed by atoms with Crippen molar-refractivity contribution in [2.24, 2.45) is 0 Å². The van der Waals surface area contributed by atoms with Crippen LogP contribution in [0.2, 0.25) is 10.0 Å². The minimum atomic E-state index is 0.421. The number of aromatic nitrogens is 2. The highest BCUT2D eigenvalue weighted by atomic mass is 35.5. The van der Waals surface area contributed by atoms with Crippen molar-refractivity contribution in [1.82, 2.24) is 15.1 Å². The molecule has 3 aromatic rings. The molecular formula is C18H17Cl2N3O2. The van der Waals surface area contributed by atoms with Crippen LogP contribution in [0.4, 0.5) is 0 Å². The first-order valence-electron chi connectivity index (χ1n) is 7.76. The maximum Gasteiger partial charge on any atom is 0.249 e. The van der Waals surface area contributed by atoms with Gasteiger partial charge in [0.15, 0.2) is 0 Å². The van der Waals surface area contributed by atoms with Gasteiger partial charge in [-0.25, -0.2) is 0 Å². The zero-order chi connectivity index (χ0) is 17.6. The lowest BCUT2D eigenvalue weighted by atomic mass is 10.2. The first kappa shape index (κ1) is 17.7. The molecule has 25 heavy (non-hydrogen) atoms. The number of nitrogens with zero attached hydrogens (tertiary/aromatic N) is 3. The summed E-state index contributed by atoms with van der Waals surface area (Å²) in [5.74, 6) is 1.70. The number of likely N-dealkylation sites (N-methyl/N-ethyl adjacent to an activating group) is 1. The van der Waals surface area contributed by atoms with Crippen molar-refractivity contribution in [2.45, 2.75) is 6.54 Å². The Morgan fingerprint density at radius 1 is 1.08 bits per heavy atom. The van der Waals surface area contributed by atoms with Gasteiger partial charge in [-0.05, 0) is 37.4 Å². The van der Waals surface area contributed by atoms with Crippen molar-refractivity contribution in [2.75, 3.05) is 20.2 Å². The summed E-state index contributed by atoms with van der Waals surface area (Å²) in [5, 5.41) is 9.38. The molecule has 0 bridgehead atoms. The molecule has 0 radical (unpaired) electrons. The van der Waals surface area contributed by atoms with Gasteiger partial charge in [0.2, 0.25) is 11.8 Å². The Morgan fingerprint density at radius 3 is 2.72 bits per heavy atom. The molecule has 5 nitrogen and oxygen atoms in total. The van der Waals surface area contributed by atoms with Crippen LogP contribution >= 0.6 is 23.2 Å². The second-order valence-corrected chi connectivity index (χ2v) is 6.37. The van der Waals surface area contributed by atoms with Crippen LogP contribution in [0.15, 0.2) is 52.9 Å². The summed E-state index contributed by atoms with van der Waals surface area (Å²) >= 11 is 12.1. The van der Waals surface area contributed by atoms with E-state index in [2.05, 4.69) is 10.2 Å². The van der Waals surface area contributed by atoms with E-state index in [4.69, 9.17) is 32.4 Å². The molecule has 0 saturated carbocycles. The molecule has 130 valence electrons. The maximum atomic E-state index is 6.15. The molecule has 1 aromatic heterocycles. The molecule has 0 saturated heterocycles. The fourth-order valence-corrected chi connectivity index (χ4v) is 2.64. The standard InChI is InChI=1S/C18H17Cl2N3O2/c1-23(9-10-24-14-6-4-5-13(19)11-14)12-17-21-22-18(25-17)15-7-2-3-8-16(15)20/h2-8,11H,9-10,12H2,1H3. The van der Waals surface area contributed by atoms with Crippen LogP contribution in [0.1, 0.15) is 5.89 Å². The molecule has 1 heterocycles. The molecule has 0 spiro atoms. The third-order valence-corrected chi connectivity index (χ3v) is 4.08. The summed E-state index contributed by atoms with van der Waals surface area (Å²) in [7, 11) is 1.96. The van der Waals surface area contributed by atoms with Crippen LogP contribution in [0.25, 0.3) is 11.5 Å². The molecule has 0 fully saturated rings. The minimum absolute atomic E-state index is 0.421. The summed E-state index contributed by atoms with van der Waals surface area (Å²) in [5.41, 5.74) is 0.731. The van der Waals surface area contributed by atoms with E-state index in [-0.39, 0.29) is 0 Å². The molecular weight excluding hydrogens is 361 g/mol. The Labute approximate surface area is 156 Å². The van der Waals surface area contributed by atoms with Gasteiger partial charge in [0.25, 0.3) is 0 Å². The fraction of sp³-hybridized carbons (Fsp3) is 0.222. The van der Waals surface area contributed by atoms with E-state index < -0.39 is 0 Å². The molecule has 2 aromatic carbocycles. The number of hydrogen-bond donors (Lipinski definition) is 0. The topological polar surface area (TPSA) is 51.4 Å². The van der Waals surface area contributed by atoms with Crippen LogP contribution in [0.3, 0.4) is 0 Å². The Morgan fingerprint density at radius 2 is 1.92 bits per heavy atom. The molecule has 0 amide bonds. The lowest BCUT2D eigenvalue weighted by Gasteiger charge is -2.14.